The molecule has 0 unspecified atom stereocenters. The minimum atomic E-state index is -3.53. The minimum absolute atomic E-state index is 0.114. The van der Waals surface area contributed by atoms with Crippen LogP contribution in [0.25, 0.3) is 0 Å². The lowest BCUT2D eigenvalue weighted by molar-refractivity contribution is -0.150. The van der Waals surface area contributed by atoms with Crippen molar-refractivity contribution in [3.8, 4) is 0 Å². The monoisotopic (exact) mass is 585 g/mol. The van der Waals surface area contributed by atoms with Crippen LogP contribution < -0.4 is 5.19 Å². The summed E-state index contributed by atoms with van der Waals surface area (Å²) in [6.45, 7) is 8.93. The molecule has 1 aromatic rings. The SMILES string of the molecule is CC1(C)[C@@H]2CC[C@@]1(CS(=O)(=O)N(C1CCCCC1)C1CCCCC1)[C@H](OC(=O)/C=C/[Si](C)(C)c1ccccc1)C2. The molecule has 0 spiro atoms. The van der Waals surface area contributed by atoms with Gasteiger partial charge in [-0.2, -0.15) is 4.31 Å². The molecule has 0 aliphatic heterocycles. The van der Waals surface area contributed by atoms with Crippen LogP contribution >= 0.6 is 0 Å². The third kappa shape index (κ3) is 5.76. The van der Waals surface area contributed by atoms with E-state index >= 15 is 0 Å². The molecule has 5 rings (SSSR count). The molecule has 4 aliphatic rings. The number of carbonyl (C=O) groups excluding carboxylic acids is 1. The number of benzene rings is 1. The third-order valence-electron chi connectivity index (χ3n) is 11.4. The van der Waals surface area contributed by atoms with Crippen LogP contribution in [-0.4, -0.2) is 50.7 Å². The summed E-state index contributed by atoms with van der Waals surface area (Å²) in [4.78, 5) is 13.3. The number of carbonyl (C=O) groups is 1. The number of sulfonamides is 1. The second kappa shape index (κ2) is 11.7. The maximum Gasteiger partial charge on any atom is 0.330 e. The Labute approximate surface area is 244 Å². The zero-order chi connectivity index (χ0) is 28.6. The highest BCUT2D eigenvalue weighted by Crippen LogP contribution is 2.67. The van der Waals surface area contributed by atoms with Crippen LogP contribution in [-0.2, 0) is 19.6 Å². The van der Waals surface area contributed by atoms with Gasteiger partial charge in [-0.25, -0.2) is 13.2 Å². The topological polar surface area (TPSA) is 63.7 Å². The maximum absolute atomic E-state index is 14.6. The van der Waals surface area contributed by atoms with E-state index in [0.717, 1.165) is 70.6 Å². The number of rotatable bonds is 9. The van der Waals surface area contributed by atoms with Gasteiger partial charge in [0.2, 0.25) is 10.0 Å². The molecule has 222 valence electrons. The fourth-order valence-electron chi connectivity index (χ4n) is 8.75. The highest BCUT2D eigenvalue weighted by Gasteiger charge is 2.67. The average Bonchev–Trinajstić information content (AvgIpc) is 3.28. The van der Waals surface area contributed by atoms with Crippen LogP contribution in [0.1, 0.15) is 97.3 Å². The van der Waals surface area contributed by atoms with Crippen molar-refractivity contribution in [3.05, 3.63) is 42.1 Å². The Kier molecular flexibility index (Phi) is 8.77. The number of esters is 1. The van der Waals surface area contributed by atoms with Crippen molar-refractivity contribution in [2.75, 3.05) is 5.75 Å². The third-order valence-corrected chi connectivity index (χ3v) is 16.3. The van der Waals surface area contributed by atoms with Crippen LogP contribution in [0.4, 0.5) is 0 Å². The molecule has 0 amide bonds. The molecule has 0 aromatic heterocycles. The van der Waals surface area contributed by atoms with E-state index in [1.165, 1.54) is 18.0 Å². The first-order chi connectivity index (χ1) is 19.0. The Morgan fingerprint density at radius 2 is 1.52 bits per heavy atom. The standard InChI is InChI=1S/C33H51NO4SSi/c1-32(2)26-20-22-33(32,30(24-26)38-31(35)21-23-40(3,4)29-18-12-7-13-19-29)25-39(36,37)34(27-14-8-5-9-15-27)28-16-10-6-11-17-28/h7,12-13,18-19,21,23,26-28,30H,5-6,8-11,14-17,20,22,24-25H2,1-4H3/b23-21+/t26-,30-,33-/m1/s1. The van der Waals surface area contributed by atoms with Gasteiger partial charge in [0, 0.05) is 23.6 Å². The van der Waals surface area contributed by atoms with Crippen LogP contribution in [0, 0.1) is 16.7 Å². The Morgan fingerprint density at radius 1 is 0.950 bits per heavy atom. The molecule has 2 bridgehead atoms. The fraction of sp³-hybridized carbons (Fsp3) is 0.727. The molecule has 0 saturated heterocycles. The summed E-state index contributed by atoms with van der Waals surface area (Å²) in [6, 6.07) is 10.6. The summed E-state index contributed by atoms with van der Waals surface area (Å²) >= 11 is 0. The van der Waals surface area contributed by atoms with Crippen molar-refractivity contribution in [2.45, 2.75) is 129 Å². The molecule has 0 radical (unpaired) electrons. The Hall–Kier alpha value is -1.44. The van der Waals surface area contributed by atoms with E-state index in [0.29, 0.717) is 5.92 Å². The van der Waals surface area contributed by atoms with E-state index in [1.54, 1.807) is 6.08 Å². The van der Waals surface area contributed by atoms with Crippen molar-refractivity contribution in [1.82, 2.24) is 4.31 Å². The zero-order valence-corrected chi connectivity index (χ0v) is 27.1. The van der Waals surface area contributed by atoms with E-state index < -0.39 is 23.5 Å². The van der Waals surface area contributed by atoms with Crippen LogP contribution in [0.3, 0.4) is 0 Å². The number of nitrogens with zero attached hydrogens (tertiary/aromatic N) is 1. The van der Waals surface area contributed by atoms with Gasteiger partial charge >= 0.3 is 5.97 Å². The highest BCUT2D eigenvalue weighted by atomic mass is 32.2. The van der Waals surface area contributed by atoms with Gasteiger partial charge in [0.25, 0.3) is 0 Å². The van der Waals surface area contributed by atoms with Gasteiger partial charge in [0.15, 0.2) is 0 Å². The summed E-state index contributed by atoms with van der Waals surface area (Å²) in [5, 5.41) is 1.27. The molecule has 40 heavy (non-hydrogen) atoms. The highest BCUT2D eigenvalue weighted by molar-refractivity contribution is 7.89. The first-order valence-electron chi connectivity index (χ1n) is 15.9. The normalized spacial score (nSPS) is 29.8. The number of fused-ring (bicyclic) bond motifs is 2. The van der Waals surface area contributed by atoms with Gasteiger partial charge in [0.1, 0.15) is 14.2 Å². The molecular weight excluding hydrogens is 535 g/mol. The lowest BCUT2D eigenvalue weighted by Crippen LogP contribution is -2.54. The molecule has 0 heterocycles. The van der Waals surface area contributed by atoms with Crippen molar-refractivity contribution < 1.29 is 17.9 Å². The molecule has 5 nitrogen and oxygen atoms in total. The van der Waals surface area contributed by atoms with Crippen molar-refractivity contribution in [1.29, 1.82) is 0 Å². The largest absolute Gasteiger partial charge is 0.459 e. The quantitative estimate of drug-likeness (QED) is 0.183. The average molecular weight is 586 g/mol. The lowest BCUT2D eigenvalue weighted by atomic mass is 9.69. The van der Waals surface area contributed by atoms with Crippen molar-refractivity contribution in [3.63, 3.8) is 0 Å². The predicted octanol–water partition coefficient (Wildman–Crippen LogP) is 6.73. The minimum Gasteiger partial charge on any atom is -0.459 e. The predicted molar refractivity (Wildman–Crippen MR) is 166 cm³/mol. The summed E-state index contributed by atoms with van der Waals surface area (Å²) in [6.07, 6.45) is 14.7. The van der Waals surface area contributed by atoms with E-state index in [2.05, 4.69) is 44.8 Å². The molecule has 4 aliphatic carbocycles. The Balaban J connectivity index is 1.38. The molecule has 4 saturated carbocycles. The summed E-state index contributed by atoms with van der Waals surface area (Å²) in [5.74, 6) is 0.179. The first-order valence-corrected chi connectivity index (χ1v) is 20.6. The number of hydrogen-bond donors (Lipinski definition) is 0. The first kappa shape index (κ1) is 30.0. The second-order valence-electron chi connectivity index (χ2n) is 14.4. The zero-order valence-electron chi connectivity index (χ0n) is 25.2. The van der Waals surface area contributed by atoms with Gasteiger partial charge in [-0.05, 0) is 56.3 Å². The Morgan fingerprint density at radius 3 is 2.08 bits per heavy atom. The van der Waals surface area contributed by atoms with Crippen molar-refractivity contribution >= 4 is 29.3 Å². The number of hydrogen-bond acceptors (Lipinski definition) is 4. The maximum atomic E-state index is 14.6. The van der Waals surface area contributed by atoms with E-state index in [-0.39, 0.29) is 35.3 Å². The summed E-state index contributed by atoms with van der Waals surface area (Å²) < 4.78 is 37.4. The molecule has 4 fully saturated rings. The smallest absolute Gasteiger partial charge is 0.330 e. The molecular formula is C33H51NO4SSi. The van der Waals surface area contributed by atoms with E-state index in [1.807, 2.05) is 22.5 Å². The lowest BCUT2D eigenvalue weighted by Gasteiger charge is -2.46. The van der Waals surface area contributed by atoms with E-state index in [9.17, 15) is 13.2 Å². The molecule has 3 atom stereocenters. The van der Waals surface area contributed by atoms with Crippen LogP contribution in [0.5, 0.6) is 0 Å². The fourth-order valence-corrected chi connectivity index (χ4v) is 13.4. The van der Waals surface area contributed by atoms with E-state index in [4.69, 9.17) is 4.74 Å². The Bertz CT molecular complexity index is 1150. The summed E-state index contributed by atoms with van der Waals surface area (Å²) in [7, 11) is -5.47. The van der Waals surface area contributed by atoms with Crippen LogP contribution in [0.2, 0.25) is 13.1 Å². The van der Waals surface area contributed by atoms with Gasteiger partial charge in [-0.3, -0.25) is 0 Å². The van der Waals surface area contributed by atoms with Gasteiger partial charge in [-0.1, -0.05) is 107 Å². The van der Waals surface area contributed by atoms with Gasteiger partial charge < -0.3 is 4.74 Å². The van der Waals surface area contributed by atoms with Crippen LogP contribution in [0.15, 0.2) is 42.1 Å². The number of ether oxygens (including phenoxy) is 1. The van der Waals surface area contributed by atoms with Crippen molar-refractivity contribution in [2.24, 2.45) is 16.7 Å². The molecule has 0 N–H and O–H groups in total. The summed E-state index contributed by atoms with van der Waals surface area (Å²) in [5.41, 5.74) is 1.34. The molecule has 1 aromatic carbocycles. The van der Waals surface area contributed by atoms with Gasteiger partial charge in [-0.15, -0.1) is 0 Å². The van der Waals surface area contributed by atoms with Gasteiger partial charge in [0.05, 0.1) is 5.75 Å². The molecule has 7 heteroatoms. The second-order valence-corrected chi connectivity index (χ2v) is 20.6.